The maximum absolute atomic E-state index is 13.3. The summed E-state index contributed by atoms with van der Waals surface area (Å²) in [6.07, 6.45) is 0. The standard InChI is InChI=1S/C20H18ClFN4O2/c1-25(12-13-6-5-7-14(22)10-13)20(28)17-11-18(26(2)24-17)23-19(27)15-8-3-4-9-16(15)21/h3-11H,12H2,1-2H3,(H,23,27). The second-order valence-corrected chi connectivity index (χ2v) is 6.67. The van der Waals surface area contributed by atoms with Crippen molar-refractivity contribution in [1.29, 1.82) is 0 Å². The Morgan fingerprint density at radius 1 is 1.18 bits per heavy atom. The average molecular weight is 401 g/mol. The number of hydrogen-bond acceptors (Lipinski definition) is 3. The molecule has 0 spiro atoms. The number of benzene rings is 2. The number of rotatable bonds is 5. The Kier molecular flexibility index (Phi) is 5.75. The van der Waals surface area contributed by atoms with Gasteiger partial charge in [-0.2, -0.15) is 5.10 Å². The third-order valence-electron chi connectivity index (χ3n) is 4.11. The maximum atomic E-state index is 13.3. The van der Waals surface area contributed by atoms with E-state index in [4.69, 9.17) is 11.6 Å². The summed E-state index contributed by atoms with van der Waals surface area (Å²) in [6, 6.07) is 14.2. The second-order valence-electron chi connectivity index (χ2n) is 6.26. The molecule has 3 aromatic rings. The molecule has 0 radical (unpaired) electrons. The van der Waals surface area contributed by atoms with E-state index in [-0.39, 0.29) is 24.0 Å². The fourth-order valence-electron chi connectivity index (χ4n) is 2.69. The summed E-state index contributed by atoms with van der Waals surface area (Å²) in [7, 11) is 3.22. The van der Waals surface area contributed by atoms with Crippen molar-refractivity contribution in [3.63, 3.8) is 0 Å². The molecule has 0 unspecified atom stereocenters. The van der Waals surface area contributed by atoms with Crippen molar-refractivity contribution in [3.8, 4) is 0 Å². The summed E-state index contributed by atoms with van der Waals surface area (Å²) in [6.45, 7) is 0.231. The molecule has 1 heterocycles. The van der Waals surface area contributed by atoms with Gasteiger partial charge in [0.2, 0.25) is 0 Å². The first-order valence-corrected chi connectivity index (χ1v) is 8.83. The fraction of sp³-hybridized carbons (Fsp3) is 0.150. The van der Waals surface area contributed by atoms with Crippen LogP contribution in [0.1, 0.15) is 26.4 Å². The molecule has 2 amide bonds. The zero-order valence-corrected chi connectivity index (χ0v) is 16.1. The van der Waals surface area contributed by atoms with E-state index in [2.05, 4.69) is 10.4 Å². The lowest BCUT2D eigenvalue weighted by atomic mass is 10.2. The van der Waals surface area contributed by atoms with Gasteiger partial charge in [0.1, 0.15) is 11.6 Å². The normalized spacial score (nSPS) is 10.6. The van der Waals surface area contributed by atoms with E-state index in [1.165, 1.54) is 27.8 Å². The summed E-state index contributed by atoms with van der Waals surface area (Å²) in [4.78, 5) is 26.5. The molecule has 0 saturated heterocycles. The van der Waals surface area contributed by atoms with Crippen LogP contribution in [0.25, 0.3) is 0 Å². The van der Waals surface area contributed by atoms with E-state index >= 15 is 0 Å². The van der Waals surface area contributed by atoms with Crippen LogP contribution in [-0.2, 0) is 13.6 Å². The number of hydrogen-bond donors (Lipinski definition) is 1. The number of nitrogens with zero attached hydrogens (tertiary/aromatic N) is 3. The van der Waals surface area contributed by atoms with Gasteiger partial charge in [0.15, 0.2) is 5.69 Å². The Morgan fingerprint density at radius 3 is 2.64 bits per heavy atom. The Bertz CT molecular complexity index is 1030. The van der Waals surface area contributed by atoms with E-state index in [1.54, 1.807) is 50.5 Å². The third kappa shape index (κ3) is 4.37. The van der Waals surface area contributed by atoms with Crippen LogP contribution in [-0.4, -0.2) is 33.5 Å². The molecule has 0 aliphatic carbocycles. The summed E-state index contributed by atoms with van der Waals surface area (Å²) >= 11 is 6.04. The highest BCUT2D eigenvalue weighted by Gasteiger charge is 2.19. The topological polar surface area (TPSA) is 67.2 Å². The molecule has 0 atom stereocenters. The summed E-state index contributed by atoms with van der Waals surface area (Å²) in [5.74, 6) is -0.757. The highest BCUT2D eigenvalue weighted by atomic mass is 35.5. The van der Waals surface area contributed by atoms with E-state index in [1.807, 2.05) is 0 Å². The van der Waals surface area contributed by atoms with Crippen LogP contribution < -0.4 is 5.32 Å². The van der Waals surface area contributed by atoms with Gasteiger partial charge in [-0.15, -0.1) is 0 Å². The van der Waals surface area contributed by atoms with Gasteiger partial charge in [0.25, 0.3) is 11.8 Å². The van der Waals surface area contributed by atoms with Gasteiger partial charge in [0, 0.05) is 26.7 Å². The minimum Gasteiger partial charge on any atom is -0.336 e. The molecule has 3 rings (SSSR count). The molecule has 0 aliphatic rings. The third-order valence-corrected chi connectivity index (χ3v) is 4.44. The number of carbonyl (C=O) groups is 2. The van der Waals surface area contributed by atoms with Gasteiger partial charge in [-0.05, 0) is 29.8 Å². The van der Waals surface area contributed by atoms with Gasteiger partial charge >= 0.3 is 0 Å². The minimum absolute atomic E-state index is 0.163. The molecule has 1 N–H and O–H groups in total. The molecule has 1 aromatic heterocycles. The number of halogens is 2. The molecular formula is C20H18ClFN4O2. The minimum atomic E-state index is -0.402. The molecule has 2 aromatic carbocycles. The molecule has 8 heteroatoms. The van der Waals surface area contributed by atoms with Crippen molar-refractivity contribution in [2.24, 2.45) is 7.05 Å². The lowest BCUT2D eigenvalue weighted by Gasteiger charge is -2.15. The molecule has 0 aliphatic heterocycles. The van der Waals surface area contributed by atoms with Crippen LogP contribution in [0.3, 0.4) is 0 Å². The van der Waals surface area contributed by atoms with Gasteiger partial charge in [-0.25, -0.2) is 4.39 Å². The Morgan fingerprint density at radius 2 is 1.93 bits per heavy atom. The summed E-state index contributed by atoms with van der Waals surface area (Å²) < 4.78 is 14.7. The van der Waals surface area contributed by atoms with Crippen LogP contribution in [0, 0.1) is 5.82 Å². The first-order valence-electron chi connectivity index (χ1n) is 8.45. The number of anilines is 1. The molecule has 28 heavy (non-hydrogen) atoms. The predicted molar refractivity (Wildman–Crippen MR) is 105 cm³/mol. The van der Waals surface area contributed by atoms with E-state index < -0.39 is 5.91 Å². The number of aryl methyl sites for hydroxylation is 1. The van der Waals surface area contributed by atoms with Crippen LogP contribution in [0.5, 0.6) is 0 Å². The highest BCUT2D eigenvalue weighted by molar-refractivity contribution is 6.34. The van der Waals surface area contributed by atoms with Crippen molar-refractivity contribution in [3.05, 3.63) is 82.3 Å². The van der Waals surface area contributed by atoms with Crippen molar-refractivity contribution in [1.82, 2.24) is 14.7 Å². The lowest BCUT2D eigenvalue weighted by Crippen LogP contribution is -2.26. The Hall–Kier alpha value is -3.19. The molecule has 144 valence electrons. The smallest absolute Gasteiger partial charge is 0.274 e. The average Bonchev–Trinajstić information content (AvgIpc) is 3.01. The van der Waals surface area contributed by atoms with Gasteiger partial charge in [-0.3, -0.25) is 14.3 Å². The van der Waals surface area contributed by atoms with Gasteiger partial charge in [-0.1, -0.05) is 35.9 Å². The van der Waals surface area contributed by atoms with Gasteiger partial charge in [0.05, 0.1) is 10.6 Å². The predicted octanol–water partition coefficient (Wildman–Crippen LogP) is 3.74. The number of aromatic nitrogens is 2. The SMILES string of the molecule is CN(Cc1cccc(F)c1)C(=O)c1cc(NC(=O)c2ccccc2Cl)n(C)n1. The first-order chi connectivity index (χ1) is 13.3. The molecular weight excluding hydrogens is 383 g/mol. The van der Waals surface area contributed by atoms with Crippen molar-refractivity contribution in [2.45, 2.75) is 6.54 Å². The van der Waals surface area contributed by atoms with E-state index in [9.17, 15) is 14.0 Å². The molecule has 6 nitrogen and oxygen atoms in total. The van der Waals surface area contributed by atoms with E-state index in [0.29, 0.717) is 22.0 Å². The van der Waals surface area contributed by atoms with Crippen LogP contribution in [0.15, 0.2) is 54.6 Å². The Balaban J connectivity index is 1.73. The maximum Gasteiger partial charge on any atom is 0.274 e. The molecule has 0 fully saturated rings. The number of carbonyl (C=O) groups excluding carboxylic acids is 2. The number of amides is 2. The van der Waals surface area contributed by atoms with Crippen LogP contribution >= 0.6 is 11.6 Å². The largest absolute Gasteiger partial charge is 0.336 e. The van der Waals surface area contributed by atoms with Crippen molar-refractivity contribution >= 4 is 29.2 Å². The highest BCUT2D eigenvalue weighted by Crippen LogP contribution is 2.18. The van der Waals surface area contributed by atoms with Gasteiger partial charge < -0.3 is 10.2 Å². The summed E-state index contributed by atoms with van der Waals surface area (Å²) in [5.41, 5.74) is 1.15. The zero-order valence-electron chi connectivity index (χ0n) is 15.3. The first kappa shape index (κ1) is 19.6. The van der Waals surface area contributed by atoms with E-state index in [0.717, 1.165) is 0 Å². The lowest BCUT2D eigenvalue weighted by molar-refractivity contribution is 0.0778. The van der Waals surface area contributed by atoms with Crippen LogP contribution in [0.2, 0.25) is 5.02 Å². The second kappa shape index (κ2) is 8.22. The van der Waals surface area contributed by atoms with Crippen molar-refractivity contribution in [2.75, 3.05) is 12.4 Å². The summed E-state index contributed by atoms with van der Waals surface area (Å²) in [5, 5.41) is 7.19. The van der Waals surface area contributed by atoms with Crippen molar-refractivity contribution < 1.29 is 14.0 Å². The monoisotopic (exact) mass is 400 g/mol. The molecule has 0 saturated carbocycles. The quantitative estimate of drug-likeness (QED) is 0.709. The fourth-order valence-corrected chi connectivity index (χ4v) is 2.92. The molecule has 0 bridgehead atoms. The van der Waals surface area contributed by atoms with Crippen LogP contribution in [0.4, 0.5) is 10.2 Å². The Labute approximate surface area is 166 Å². The number of nitrogens with one attached hydrogen (secondary N) is 1. The zero-order chi connectivity index (χ0) is 20.3.